The van der Waals surface area contributed by atoms with Crippen LogP contribution < -0.4 is 16.6 Å². The SMILES string of the molecule is CC1CC1Nc1cccc(NN)n1. The van der Waals surface area contributed by atoms with E-state index < -0.39 is 0 Å². The summed E-state index contributed by atoms with van der Waals surface area (Å²) in [5.41, 5.74) is 2.52. The average Bonchev–Trinajstić information content (AvgIpc) is 2.82. The molecule has 0 aliphatic heterocycles. The molecular formula is C9H14N4. The van der Waals surface area contributed by atoms with Crippen molar-refractivity contribution in [2.24, 2.45) is 11.8 Å². The van der Waals surface area contributed by atoms with E-state index >= 15 is 0 Å². The first-order valence-electron chi connectivity index (χ1n) is 4.50. The summed E-state index contributed by atoms with van der Waals surface area (Å²) < 4.78 is 0. The van der Waals surface area contributed by atoms with Crippen LogP contribution in [0.5, 0.6) is 0 Å². The highest BCUT2D eigenvalue weighted by Crippen LogP contribution is 2.32. The third-order valence-corrected chi connectivity index (χ3v) is 2.34. The van der Waals surface area contributed by atoms with Gasteiger partial charge in [-0.05, 0) is 24.5 Å². The van der Waals surface area contributed by atoms with Crippen molar-refractivity contribution < 1.29 is 0 Å². The van der Waals surface area contributed by atoms with Gasteiger partial charge in [0.15, 0.2) is 0 Å². The van der Waals surface area contributed by atoms with Crippen LogP contribution in [0.3, 0.4) is 0 Å². The molecule has 1 heterocycles. The van der Waals surface area contributed by atoms with E-state index in [1.807, 2.05) is 18.2 Å². The molecule has 1 aliphatic rings. The number of nitrogens with zero attached hydrogens (tertiary/aromatic N) is 1. The van der Waals surface area contributed by atoms with E-state index in [9.17, 15) is 0 Å². The summed E-state index contributed by atoms with van der Waals surface area (Å²) in [6, 6.07) is 6.31. The second-order valence-electron chi connectivity index (χ2n) is 3.52. The van der Waals surface area contributed by atoms with Crippen LogP contribution in [-0.2, 0) is 0 Å². The summed E-state index contributed by atoms with van der Waals surface area (Å²) in [6.07, 6.45) is 1.24. The molecule has 1 aromatic heterocycles. The highest BCUT2D eigenvalue weighted by molar-refractivity contribution is 5.45. The van der Waals surface area contributed by atoms with Crippen LogP contribution >= 0.6 is 0 Å². The molecule has 4 heteroatoms. The lowest BCUT2D eigenvalue weighted by molar-refractivity contribution is 0.923. The molecule has 0 saturated heterocycles. The lowest BCUT2D eigenvalue weighted by Crippen LogP contribution is -2.10. The van der Waals surface area contributed by atoms with Crippen molar-refractivity contribution in [3.8, 4) is 0 Å². The lowest BCUT2D eigenvalue weighted by Gasteiger charge is -2.05. The van der Waals surface area contributed by atoms with Crippen molar-refractivity contribution in [1.82, 2.24) is 4.98 Å². The second kappa shape index (κ2) is 3.22. The lowest BCUT2D eigenvalue weighted by atomic mass is 10.4. The fraction of sp³-hybridized carbons (Fsp3) is 0.444. The highest BCUT2D eigenvalue weighted by Gasteiger charge is 2.32. The first kappa shape index (κ1) is 8.31. The molecule has 1 saturated carbocycles. The van der Waals surface area contributed by atoms with Crippen LogP contribution in [0.15, 0.2) is 18.2 Å². The molecule has 4 N–H and O–H groups in total. The van der Waals surface area contributed by atoms with Gasteiger partial charge in [0, 0.05) is 6.04 Å². The van der Waals surface area contributed by atoms with E-state index in [4.69, 9.17) is 5.84 Å². The molecular weight excluding hydrogens is 164 g/mol. The van der Waals surface area contributed by atoms with Gasteiger partial charge in [0.25, 0.3) is 0 Å². The zero-order valence-corrected chi connectivity index (χ0v) is 7.62. The first-order chi connectivity index (χ1) is 6.29. The van der Waals surface area contributed by atoms with Gasteiger partial charge in [-0.2, -0.15) is 0 Å². The molecule has 2 rings (SSSR count). The molecule has 0 amide bonds. The number of nitrogen functional groups attached to an aromatic ring is 1. The van der Waals surface area contributed by atoms with Crippen LogP contribution in [-0.4, -0.2) is 11.0 Å². The van der Waals surface area contributed by atoms with Crippen LogP contribution in [0, 0.1) is 5.92 Å². The van der Waals surface area contributed by atoms with Crippen molar-refractivity contribution in [2.75, 3.05) is 10.7 Å². The summed E-state index contributed by atoms with van der Waals surface area (Å²) in [5.74, 6) is 7.61. The van der Waals surface area contributed by atoms with Crippen molar-refractivity contribution in [3.63, 3.8) is 0 Å². The predicted molar refractivity (Wildman–Crippen MR) is 53.2 cm³/mol. The summed E-state index contributed by atoms with van der Waals surface area (Å²) in [6.45, 7) is 2.22. The number of nitrogens with two attached hydrogens (primary N) is 1. The van der Waals surface area contributed by atoms with Gasteiger partial charge in [-0.3, -0.25) is 0 Å². The summed E-state index contributed by atoms with van der Waals surface area (Å²) in [4.78, 5) is 4.26. The van der Waals surface area contributed by atoms with Crippen molar-refractivity contribution in [1.29, 1.82) is 0 Å². The quantitative estimate of drug-likeness (QED) is 0.480. The number of hydrogen-bond acceptors (Lipinski definition) is 4. The average molecular weight is 178 g/mol. The van der Waals surface area contributed by atoms with Gasteiger partial charge in [-0.15, -0.1) is 0 Å². The fourth-order valence-corrected chi connectivity index (χ4v) is 1.31. The van der Waals surface area contributed by atoms with E-state index in [-0.39, 0.29) is 0 Å². The molecule has 1 aliphatic carbocycles. The Hall–Kier alpha value is -1.29. The Bertz CT molecular complexity index is 299. The molecule has 0 spiro atoms. The maximum absolute atomic E-state index is 5.25. The Morgan fingerprint density at radius 3 is 2.77 bits per heavy atom. The second-order valence-corrected chi connectivity index (χ2v) is 3.52. The number of hydrogen-bond donors (Lipinski definition) is 3. The Labute approximate surface area is 77.5 Å². The molecule has 1 aromatic rings. The Morgan fingerprint density at radius 1 is 1.46 bits per heavy atom. The minimum Gasteiger partial charge on any atom is -0.367 e. The van der Waals surface area contributed by atoms with Gasteiger partial charge in [-0.25, -0.2) is 10.8 Å². The van der Waals surface area contributed by atoms with Gasteiger partial charge in [0.05, 0.1) is 0 Å². The van der Waals surface area contributed by atoms with Gasteiger partial charge in [-0.1, -0.05) is 13.0 Å². The molecule has 4 nitrogen and oxygen atoms in total. The topological polar surface area (TPSA) is 63.0 Å². The third-order valence-electron chi connectivity index (χ3n) is 2.34. The maximum Gasteiger partial charge on any atom is 0.142 e. The summed E-state index contributed by atoms with van der Waals surface area (Å²) in [7, 11) is 0. The standard InChI is InChI=1S/C9H14N4/c1-6-5-7(6)11-8-3-2-4-9(12-8)13-10/h2-4,6-7H,5,10H2,1H3,(H2,11,12,13). The molecule has 2 atom stereocenters. The number of aromatic nitrogens is 1. The van der Waals surface area contributed by atoms with Crippen LogP contribution in [0.2, 0.25) is 0 Å². The van der Waals surface area contributed by atoms with Gasteiger partial charge in [0.1, 0.15) is 11.6 Å². The van der Waals surface area contributed by atoms with E-state index in [1.165, 1.54) is 6.42 Å². The van der Waals surface area contributed by atoms with Gasteiger partial charge >= 0.3 is 0 Å². The molecule has 13 heavy (non-hydrogen) atoms. The highest BCUT2D eigenvalue weighted by atomic mass is 15.3. The molecule has 0 bridgehead atoms. The molecule has 2 unspecified atom stereocenters. The largest absolute Gasteiger partial charge is 0.367 e. The Kier molecular flexibility index (Phi) is 2.06. The molecule has 0 radical (unpaired) electrons. The fourth-order valence-electron chi connectivity index (χ4n) is 1.31. The van der Waals surface area contributed by atoms with Crippen LogP contribution in [0.1, 0.15) is 13.3 Å². The summed E-state index contributed by atoms with van der Waals surface area (Å²) in [5, 5.41) is 3.33. The Balaban J connectivity index is 2.03. The number of pyridine rings is 1. The minimum absolute atomic E-state index is 0.598. The third kappa shape index (κ3) is 1.89. The summed E-state index contributed by atoms with van der Waals surface area (Å²) >= 11 is 0. The van der Waals surface area contributed by atoms with Gasteiger partial charge in [0.2, 0.25) is 0 Å². The monoisotopic (exact) mass is 178 g/mol. The zero-order chi connectivity index (χ0) is 9.26. The normalized spacial score (nSPS) is 25.4. The number of anilines is 2. The molecule has 70 valence electrons. The van der Waals surface area contributed by atoms with Crippen LogP contribution in [0.4, 0.5) is 11.6 Å². The maximum atomic E-state index is 5.25. The van der Waals surface area contributed by atoms with E-state index in [1.54, 1.807) is 0 Å². The first-order valence-corrected chi connectivity index (χ1v) is 4.50. The Morgan fingerprint density at radius 2 is 2.15 bits per heavy atom. The minimum atomic E-state index is 0.598. The van der Waals surface area contributed by atoms with Crippen molar-refractivity contribution in [2.45, 2.75) is 19.4 Å². The van der Waals surface area contributed by atoms with Gasteiger partial charge < -0.3 is 10.7 Å². The van der Waals surface area contributed by atoms with Crippen LogP contribution in [0.25, 0.3) is 0 Å². The smallest absolute Gasteiger partial charge is 0.142 e. The van der Waals surface area contributed by atoms with E-state index in [2.05, 4.69) is 22.7 Å². The zero-order valence-electron chi connectivity index (χ0n) is 7.62. The number of hydrazine groups is 1. The molecule has 0 aromatic carbocycles. The number of rotatable bonds is 3. The number of nitrogens with one attached hydrogen (secondary N) is 2. The predicted octanol–water partition coefficient (Wildman–Crippen LogP) is 1.19. The van der Waals surface area contributed by atoms with E-state index in [0.717, 1.165) is 11.7 Å². The molecule has 1 fully saturated rings. The van der Waals surface area contributed by atoms with E-state index in [0.29, 0.717) is 11.9 Å². The van der Waals surface area contributed by atoms with Crippen molar-refractivity contribution in [3.05, 3.63) is 18.2 Å². The van der Waals surface area contributed by atoms with Crippen molar-refractivity contribution >= 4 is 11.6 Å².